The minimum Gasteiger partial charge on any atom is -0.329 e. The lowest BCUT2D eigenvalue weighted by molar-refractivity contribution is 0.157. The fourth-order valence-electron chi connectivity index (χ4n) is 2.44. The highest BCUT2D eigenvalue weighted by Crippen LogP contribution is 2.10. The monoisotopic (exact) mass is 243 g/mol. The average molecular weight is 243 g/mol. The fourth-order valence-corrected chi connectivity index (χ4v) is 2.44. The molecule has 0 fully saturated rings. The van der Waals surface area contributed by atoms with Crippen molar-refractivity contribution in [3.8, 4) is 0 Å². The van der Waals surface area contributed by atoms with Crippen molar-refractivity contribution < 1.29 is 0 Å². The first-order valence-corrected chi connectivity index (χ1v) is 7.27. The molecule has 0 amide bonds. The average Bonchev–Trinajstić information content (AvgIpc) is 2.32. The second-order valence-corrected chi connectivity index (χ2v) is 5.06. The summed E-state index contributed by atoms with van der Waals surface area (Å²) in [5.41, 5.74) is 5.88. The van der Waals surface area contributed by atoms with Crippen molar-refractivity contribution in [2.75, 3.05) is 39.3 Å². The zero-order valence-electron chi connectivity index (χ0n) is 12.6. The summed E-state index contributed by atoms with van der Waals surface area (Å²) in [5, 5.41) is 0. The molecule has 1 unspecified atom stereocenters. The third-order valence-electron chi connectivity index (χ3n) is 3.70. The van der Waals surface area contributed by atoms with Crippen LogP contribution in [0, 0.1) is 5.92 Å². The predicted octanol–water partition coefficient (Wildman–Crippen LogP) is 2.02. The van der Waals surface area contributed by atoms with Crippen LogP contribution in [0.4, 0.5) is 0 Å². The first-order valence-electron chi connectivity index (χ1n) is 7.27. The number of hydrogen-bond acceptors (Lipinski definition) is 3. The lowest BCUT2D eigenvalue weighted by atomic mass is 10.0. The molecule has 0 rings (SSSR count). The van der Waals surface area contributed by atoms with Crippen LogP contribution in [-0.4, -0.2) is 55.1 Å². The molecule has 104 valence electrons. The minimum atomic E-state index is 0.539. The Hall–Kier alpha value is -0.120. The van der Waals surface area contributed by atoms with E-state index in [0.29, 0.717) is 12.0 Å². The number of nitrogens with two attached hydrogens (primary N) is 1. The normalized spacial score (nSPS) is 13.9. The molecular weight excluding hydrogens is 210 g/mol. The summed E-state index contributed by atoms with van der Waals surface area (Å²) in [6, 6.07) is 0.539. The second kappa shape index (κ2) is 9.86. The van der Waals surface area contributed by atoms with Gasteiger partial charge in [0.1, 0.15) is 0 Å². The summed E-state index contributed by atoms with van der Waals surface area (Å²) in [6.07, 6.45) is 1.25. The fraction of sp³-hybridized carbons (Fsp3) is 1.00. The number of rotatable bonds is 10. The Kier molecular flexibility index (Phi) is 9.79. The van der Waals surface area contributed by atoms with Crippen LogP contribution >= 0.6 is 0 Å². The Morgan fingerprint density at radius 3 is 1.88 bits per heavy atom. The molecule has 0 saturated heterocycles. The van der Waals surface area contributed by atoms with Crippen LogP contribution in [0.5, 0.6) is 0 Å². The zero-order valence-corrected chi connectivity index (χ0v) is 12.6. The SMILES string of the molecule is CCN(CC)CCCN(CC)C(CN)C(C)C. The van der Waals surface area contributed by atoms with Crippen LogP contribution in [0.1, 0.15) is 41.0 Å². The lowest BCUT2D eigenvalue weighted by Crippen LogP contribution is -2.45. The van der Waals surface area contributed by atoms with E-state index in [1.165, 1.54) is 19.5 Å². The Labute approximate surface area is 108 Å². The van der Waals surface area contributed by atoms with Gasteiger partial charge in [0.25, 0.3) is 0 Å². The van der Waals surface area contributed by atoms with E-state index in [2.05, 4.69) is 44.4 Å². The molecule has 0 bridgehead atoms. The van der Waals surface area contributed by atoms with E-state index in [-0.39, 0.29) is 0 Å². The highest BCUT2D eigenvalue weighted by atomic mass is 15.2. The van der Waals surface area contributed by atoms with Gasteiger partial charge in [-0.05, 0) is 45.1 Å². The van der Waals surface area contributed by atoms with Crippen LogP contribution in [0.15, 0.2) is 0 Å². The van der Waals surface area contributed by atoms with Gasteiger partial charge in [-0.25, -0.2) is 0 Å². The van der Waals surface area contributed by atoms with E-state index in [0.717, 1.165) is 26.2 Å². The van der Waals surface area contributed by atoms with E-state index >= 15 is 0 Å². The van der Waals surface area contributed by atoms with E-state index in [1.807, 2.05) is 0 Å². The van der Waals surface area contributed by atoms with Crippen LogP contribution in [0.2, 0.25) is 0 Å². The van der Waals surface area contributed by atoms with Gasteiger partial charge in [0.15, 0.2) is 0 Å². The summed E-state index contributed by atoms with van der Waals surface area (Å²) in [7, 11) is 0. The maximum atomic E-state index is 5.88. The van der Waals surface area contributed by atoms with E-state index in [4.69, 9.17) is 5.73 Å². The molecule has 3 heteroatoms. The molecule has 2 N–H and O–H groups in total. The van der Waals surface area contributed by atoms with Crippen molar-refractivity contribution in [1.82, 2.24) is 9.80 Å². The van der Waals surface area contributed by atoms with Gasteiger partial charge >= 0.3 is 0 Å². The third kappa shape index (κ3) is 6.39. The molecule has 0 spiro atoms. The van der Waals surface area contributed by atoms with Crippen molar-refractivity contribution in [3.05, 3.63) is 0 Å². The zero-order chi connectivity index (χ0) is 13.3. The molecule has 0 aromatic rings. The van der Waals surface area contributed by atoms with Crippen molar-refractivity contribution in [3.63, 3.8) is 0 Å². The third-order valence-corrected chi connectivity index (χ3v) is 3.70. The van der Waals surface area contributed by atoms with Crippen LogP contribution in [-0.2, 0) is 0 Å². The van der Waals surface area contributed by atoms with Crippen LogP contribution < -0.4 is 5.73 Å². The smallest absolute Gasteiger partial charge is 0.0241 e. The second-order valence-electron chi connectivity index (χ2n) is 5.06. The van der Waals surface area contributed by atoms with Gasteiger partial charge in [-0.1, -0.05) is 34.6 Å². The molecular formula is C14H33N3. The molecule has 0 aliphatic rings. The van der Waals surface area contributed by atoms with Crippen molar-refractivity contribution in [1.29, 1.82) is 0 Å². The van der Waals surface area contributed by atoms with Gasteiger partial charge in [-0.2, -0.15) is 0 Å². The number of nitrogens with zero attached hydrogens (tertiary/aromatic N) is 2. The van der Waals surface area contributed by atoms with Gasteiger partial charge in [0.05, 0.1) is 0 Å². The maximum absolute atomic E-state index is 5.88. The highest BCUT2D eigenvalue weighted by Gasteiger charge is 2.18. The molecule has 17 heavy (non-hydrogen) atoms. The molecule has 0 heterocycles. The standard InChI is InChI=1S/C14H33N3/c1-6-16(7-2)10-9-11-17(8-3)14(12-15)13(4)5/h13-14H,6-12,15H2,1-5H3. The Bertz CT molecular complexity index is 167. The molecule has 0 aliphatic heterocycles. The summed E-state index contributed by atoms with van der Waals surface area (Å²) in [4.78, 5) is 5.02. The molecule has 0 radical (unpaired) electrons. The quantitative estimate of drug-likeness (QED) is 0.637. The highest BCUT2D eigenvalue weighted by molar-refractivity contribution is 4.75. The van der Waals surface area contributed by atoms with Crippen LogP contribution in [0.25, 0.3) is 0 Å². The largest absolute Gasteiger partial charge is 0.329 e. The van der Waals surface area contributed by atoms with Gasteiger partial charge in [-0.15, -0.1) is 0 Å². The van der Waals surface area contributed by atoms with Gasteiger partial charge < -0.3 is 10.6 Å². The van der Waals surface area contributed by atoms with Crippen molar-refractivity contribution in [2.45, 2.75) is 47.1 Å². The molecule has 0 saturated carbocycles. The number of likely N-dealkylation sites (N-methyl/N-ethyl adjacent to an activating group) is 1. The number of hydrogen-bond donors (Lipinski definition) is 1. The first kappa shape index (κ1) is 16.9. The van der Waals surface area contributed by atoms with Crippen molar-refractivity contribution >= 4 is 0 Å². The predicted molar refractivity (Wildman–Crippen MR) is 77.3 cm³/mol. The summed E-state index contributed by atoms with van der Waals surface area (Å²) >= 11 is 0. The first-order chi connectivity index (χ1) is 8.10. The molecule has 0 aliphatic carbocycles. The molecule has 1 atom stereocenters. The van der Waals surface area contributed by atoms with E-state index in [9.17, 15) is 0 Å². The van der Waals surface area contributed by atoms with Crippen molar-refractivity contribution in [2.24, 2.45) is 11.7 Å². The Balaban J connectivity index is 4.04. The molecule has 3 nitrogen and oxygen atoms in total. The molecule has 0 aromatic carbocycles. The molecule has 0 aromatic heterocycles. The minimum absolute atomic E-state index is 0.539. The van der Waals surface area contributed by atoms with E-state index in [1.54, 1.807) is 0 Å². The van der Waals surface area contributed by atoms with Crippen LogP contribution in [0.3, 0.4) is 0 Å². The summed E-state index contributed by atoms with van der Waals surface area (Å²) in [6.45, 7) is 17.8. The summed E-state index contributed by atoms with van der Waals surface area (Å²) in [5.74, 6) is 0.647. The van der Waals surface area contributed by atoms with Gasteiger partial charge in [0.2, 0.25) is 0 Å². The van der Waals surface area contributed by atoms with Gasteiger partial charge in [-0.3, -0.25) is 4.90 Å². The summed E-state index contributed by atoms with van der Waals surface area (Å²) < 4.78 is 0. The van der Waals surface area contributed by atoms with E-state index < -0.39 is 0 Å². The topological polar surface area (TPSA) is 32.5 Å². The maximum Gasteiger partial charge on any atom is 0.0241 e. The Morgan fingerprint density at radius 2 is 1.53 bits per heavy atom. The lowest BCUT2D eigenvalue weighted by Gasteiger charge is -2.33. The van der Waals surface area contributed by atoms with Gasteiger partial charge in [0, 0.05) is 12.6 Å². The Morgan fingerprint density at radius 1 is 0.941 bits per heavy atom.